The van der Waals surface area contributed by atoms with Crippen LogP contribution in [0.15, 0.2) is 48.9 Å². The summed E-state index contributed by atoms with van der Waals surface area (Å²) in [6.45, 7) is 0. The number of aryl methyl sites for hydroxylation is 1. The van der Waals surface area contributed by atoms with Crippen molar-refractivity contribution in [2.75, 3.05) is 0 Å². The monoisotopic (exact) mass is 276 g/mol. The van der Waals surface area contributed by atoms with Crippen LogP contribution in [-0.2, 0) is 7.05 Å². The summed E-state index contributed by atoms with van der Waals surface area (Å²) in [5.41, 5.74) is 5.59. The molecule has 1 aliphatic carbocycles. The molecular weight excluding hydrogens is 260 g/mol. The van der Waals surface area contributed by atoms with Gasteiger partial charge in [0.2, 0.25) is 0 Å². The van der Waals surface area contributed by atoms with E-state index in [-0.39, 0.29) is 0 Å². The zero-order valence-corrected chi connectivity index (χ0v) is 11.9. The molecule has 0 N–H and O–H groups in total. The molecule has 4 nitrogen and oxygen atoms in total. The molecule has 0 saturated heterocycles. The Kier molecular flexibility index (Phi) is 2.81. The summed E-state index contributed by atoms with van der Waals surface area (Å²) in [6, 6.07) is 12.6. The quantitative estimate of drug-likeness (QED) is 0.736. The molecule has 21 heavy (non-hydrogen) atoms. The highest BCUT2D eigenvalue weighted by atomic mass is 15.2. The van der Waals surface area contributed by atoms with Gasteiger partial charge in [0.1, 0.15) is 6.33 Å². The third-order valence-corrected chi connectivity index (χ3v) is 3.98. The molecule has 0 atom stereocenters. The highest BCUT2D eigenvalue weighted by molar-refractivity contribution is 5.66. The van der Waals surface area contributed by atoms with Gasteiger partial charge in [0, 0.05) is 30.4 Å². The molecule has 1 aromatic carbocycles. The normalized spacial score (nSPS) is 14.3. The van der Waals surface area contributed by atoms with Gasteiger partial charge in [0.15, 0.2) is 0 Å². The molecule has 1 fully saturated rings. The fourth-order valence-corrected chi connectivity index (χ4v) is 2.60. The van der Waals surface area contributed by atoms with E-state index in [0.29, 0.717) is 5.92 Å². The Bertz CT molecular complexity index is 769. The van der Waals surface area contributed by atoms with E-state index in [2.05, 4.69) is 45.4 Å². The summed E-state index contributed by atoms with van der Waals surface area (Å²) >= 11 is 0. The predicted octanol–water partition coefficient (Wildman–Crippen LogP) is 3.42. The van der Waals surface area contributed by atoms with E-state index in [1.165, 1.54) is 18.5 Å². The number of hydrogen-bond acceptors (Lipinski definition) is 3. The van der Waals surface area contributed by atoms with E-state index in [9.17, 15) is 0 Å². The Balaban J connectivity index is 1.67. The summed E-state index contributed by atoms with van der Waals surface area (Å²) in [6.07, 6.45) is 6.01. The third kappa shape index (κ3) is 2.33. The first-order valence-corrected chi connectivity index (χ1v) is 7.22. The number of nitrogens with zero attached hydrogens (tertiary/aromatic N) is 4. The Labute approximate surface area is 123 Å². The van der Waals surface area contributed by atoms with Gasteiger partial charge in [-0.25, -0.2) is 9.97 Å². The van der Waals surface area contributed by atoms with E-state index in [1.54, 1.807) is 6.33 Å². The van der Waals surface area contributed by atoms with Gasteiger partial charge in [0.05, 0.1) is 11.4 Å². The van der Waals surface area contributed by atoms with Crippen LogP contribution in [0.1, 0.15) is 24.5 Å². The number of rotatable bonds is 3. The lowest BCUT2D eigenvalue weighted by atomic mass is 10.1. The molecule has 4 heteroatoms. The largest absolute Gasteiger partial charge is 0.268 e. The zero-order chi connectivity index (χ0) is 14.2. The third-order valence-electron chi connectivity index (χ3n) is 3.98. The Morgan fingerprint density at radius 2 is 1.76 bits per heavy atom. The van der Waals surface area contributed by atoms with Crippen LogP contribution in [0.2, 0.25) is 0 Å². The molecule has 1 saturated carbocycles. The lowest BCUT2D eigenvalue weighted by Gasteiger charge is -2.05. The van der Waals surface area contributed by atoms with Gasteiger partial charge in [-0.05, 0) is 30.5 Å². The van der Waals surface area contributed by atoms with Crippen LogP contribution >= 0.6 is 0 Å². The Morgan fingerprint density at radius 1 is 1.00 bits per heavy atom. The average molecular weight is 276 g/mol. The fourth-order valence-electron chi connectivity index (χ4n) is 2.60. The lowest BCUT2D eigenvalue weighted by Crippen LogP contribution is -1.94. The average Bonchev–Trinajstić information content (AvgIpc) is 3.30. The lowest BCUT2D eigenvalue weighted by molar-refractivity contribution is 0.776. The molecule has 0 radical (unpaired) electrons. The first-order valence-electron chi connectivity index (χ1n) is 7.22. The van der Waals surface area contributed by atoms with E-state index in [1.807, 2.05) is 24.0 Å². The topological polar surface area (TPSA) is 43.6 Å². The predicted molar refractivity (Wildman–Crippen MR) is 81.6 cm³/mol. The molecule has 1 aliphatic rings. The van der Waals surface area contributed by atoms with Crippen molar-refractivity contribution in [2.45, 2.75) is 18.8 Å². The van der Waals surface area contributed by atoms with Crippen molar-refractivity contribution in [3.05, 3.63) is 54.6 Å². The van der Waals surface area contributed by atoms with Crippen LogP contribution in [0.4, 0.5) is 0 Å². The maximum atomic E-state index is 4.40. The molecule has 3 aromatic rings. The molecule has 0 spiro atoms. The minimum absolute atomic E-state index is 0.653. The maximum Gasteiger partial charge on any atom is 0.116 e. The van der Waals surface area contributed by atoms with E-state index >= 15 is 0 Å². The number of aromatic nitrogens is 4. The van der Waals surface area contributed by atoms with Crippen LogP contribution in [0, 0.1) is 0 Å². The first kappa shape index (κ1) is 12.3. The first-order chi connectivity index (χ1) is 10.3. The van der Waals surface area contributed by atoms with Crippen LogP contribution in [0.3, 0.4) is 0 Å². The van der Waals surface area contributed by atoms with Crippen molar-refractivity contribution in [3.8, 4) is 22.5 Å². The van der Waals surface area contributed by atoms with Crippen molar-refractivity contribution < 1.29 is 0 Å². The molecule has 0 amide bonds. The van der Waals surface area contributed by atoms with Crippen LogP contribution in [-0.4, -0.2) is 19.7 Å². The second kappa shape index (κ2) is 4.81. The molecule has 4 rings (SSSR count). The molecule has 2 heterocycles. The summed E-state index contributed by atoms with van der Waals surface area (Å²) in [5.74, 6) is 0.653. The fraction of sp³-hybridized carbons (Fsp3) is 0.235. The molecule has 0 bridgehead atoms. The van der Waals surface area contributed by atoms with Crippen LogP contribution in [0.25, 0.3) is 22.5 Å². The second-order valence-corrected chi connectivity index (χ2v) is 5.52. The van der Waals surface area contributed by atoms with Gasteiger partial charge in [-0.3, -0.25) is 4.68 Å². The number of hydrogen-bond donors (Lipinski definition) is 0. The van der Waals surface area contributed by atoms with Gasteiger partial charge in [0.25, 0.3) is 0 Å². The summed E-state index contributed by atoms with van der Waals surface area (Å²) in [5, 5.41) is 4.21. The van der Waals surface area contributed by atoms with Gasteiger partial charge in [-0.15, -0.1) is 0 Å². The van der Waals surface area contributed by atoms with E-state index in [0.717, 1.165) is 22.5 Å². The van der Waals surface area contributed by atoms with Crippen LogP contribution < -0.4 is 0 Å². The highest BCUT2D eigenvalue weighted by Crippen LogP contribution is 2.39. The summed E-state index contributed by atoms with van der Waals surface area (Å²) in [7, 11) is 1.95. The second-order valence-electron chi connectivity index (χ2n) is 5.52. The molecule has 2 aromatic heterocycles. The standard InChI is InChI=1S/C17H16N4/c1-21-17(8-9-20-21)14-6-4-13(5-7-14)16-10-15(12-2-3-12)18-11-19-16/h4-12H,2-3H2,1H3. The summed E-state index contributed by atoms with van der Waals surface area (Å²) < 4.78 is 1.88. The molecule has 0 unspecified atom stereocenters. The van der Waals surface area contributed by atoms with Gasteiger partial charge in [-0.1, -0.05) is 24.3 Å². The maximum absolute atomic E-state index is 4.40. The van der Waals surface area contributed by atoms with Gasteiger partial charge < -0.3 is 0 Å². The smallest absolute Gasteiger partial charge is 0.116 e. The Hall–Kier alpha value is -2.49. The molecular formula is C17H16N4. The van der Waals surface area contributed by atoms with Crippen molar-refractivity contribution in [1.82, 2.24) is 19.7 Å². The number of benzene rings is 1. The van der Waals surface area contributed by atoms with Crippen molar-refractivity contribution in [1.29, 1.82) is 0 Å². The minimum Gasteiger partial charge on any atom is -0.268 e. The summed E-state index contributed by atoms with van der Waals surface area (Å²) in [4.78, 5) is 8.78. The van der Waals surface area contributed by atoms with Crippen LogP contribution in [0.5, 0.6) is 0 Å². The van der Waals surface area contributed by atoms with E-state index < -0.39 is 0 Å². The SMILES string of the molecule is Cn1nccc1-c1ccc(-c2cc(C3CC3)ncn2)cc1. The van der Waals surface area contributed by atoms with Gasteiger partial charge >= 0.3 is 0 Å². The molecule has 0 aliphatic heterocycles. The van der Waals surface area contributed by atoms with E-state index in [4.69, 9.17) is 0 Å². The van der Waals surface area contributed by atoms with Gasteiger partial charge in [-0.2, -0.15) is 5.10 Å². The Morgan fingerprint density at radius 3 is 2.43 bits per heavy atom. The molecule has 104 valence electrons. The van der Waals surface area contributed by atoms with Crippen molar-refractivity contribution in [3.63, 3.8) is 0 Å². The highest BCUT2D eigenvalue weighted by Gasteiger charge is 2.25. The van der Waals surface area contributed by atoms with Crippen molar-refractivity contribution >= 4 is 0 Å². The van der Waals surface area contributed by atoms with Crippen molar-refractivity contribution in [2.24, 2.45) is 7.05 Å². The minimum atomic E-state index is 0.653. The zero-order valence-electron chi connectivity index (χ0n) is 11.9.